The van der Waals surface area contributed by atoms with Crippen LogP contribution in [-0.2, 0) is 37.3 Å². The number of hydrogen-bond acceptors (Lipinski definition) is 11. The topological polar surface area (TPSA) is 156 Å². The number of alkyl halides is 2. The second-order valence-corrected chi connectivity index (χ2v) is 15.4. The van der Waals surface area contributed by atoms with Crippen molar-refractivity contribution in [1.82, 2.24) is 9.55 Å². The summed E-state index contributed by atoms with van der Waals surface area (Å²) in [4.78, 5) is 43.2. The van der Waals surface area contributed by atoms with E-state index in [1.165, 1.54) is 42.7 Å². The molecule has 0 N–H and O–H groups in total. The Bertz CT molecular complexity index is 2090. The molecule has 1 amide bonds. The average molecular weight is 773 g/mol. The molecule has 13 nitrogen and oxygen atoms in total. The van der Waals surface area contributed by atoms with E-state index >= 15 is 0 Å². The summed E-state index contributed by atoms with van der Waals surface area (Å²) >= 11 is 12.7. The lowest BCUT2D eigenvalue weighted by Crippen LogP contribution is -2.40. The summed E-state index contributed by atoms with van der Waals surface area (Å²) in [6, 6.07) is 7.79. The van der Waals surface area contributed by atoms with Crippen molar-refractivity contribution < 1.29 is 50.2 Å². The van der Waals surface area contributed by atoms with Gasteiger partial charge < -0.3 is 23.4 Å². The highest BCUT2D eigenvalue weighted by atomic mass is 35.5. The minimum absolute atomic E-state index is 0.00930. The Morgan fingerprint density at radius 3 is 2.37 bits per heavy atom. The van der Waals surface area contributed by atoms with Gasteiger partial charge in [-0.15, -0.1) is 0 Å². The number of benzene rings is 2. The molecule has 1 fully saturated rings. The van der Waals surface area contributed by atoms with E-state index in [1.54, 1.807) is 20.8 Å². The molecule has 0 spiro atoms. The number of rotatable bonds is 13. The molecule has 51 heavy (non-hydrogen) atoms. The fraction of sp³-hybridized carbons (Fsp3) is 0.394. The fourth-order valence-corrected chi connectivity index (χ4v) is 6.28. The first kappa shape index (κ1) is 37.8. The van der Waals surface area contributed by atoms with Gasteiger partial charge in [-0.2, -0.15) is 13.1 Å². The van der Waals surface area contributed by atoms with Gasteiger partial charge in [0, 0.05) is 24.9 Å². The zero-order chi connectivity index (χ0) is 37.2. The second kappa shape index (κ2) is 15.1. The van der Waals surface area contributed by atoms with Gasteiger partial charge in [-0.3, -0.25) is 14.3 Å². The molecule has 274 valence electrons. The third-order valence-electron chi connectivity index (χ3n) is 7.41. The lowest BCUT2D eigenvalue weighted by Gasteiger charge is -2.25. The van der Waals surface area contributed by atoms with Crippen molar-refractivity contribution in [2.45, 2.75) is 64.9 Å². The largest absolute Gasteiger partial charge is 0.489 e. The van der Waals surface area contributed by atoms with Gasteiger partial charge in [-0.1, -0.05) is 29.3 Å². The van der Waals surface area contributed by atoms with Gasteiger partial charge in [0.2, 0.25) is 10.0 Å². The molecular weight excluding hydrogens is 739 g/mol. The lowest BCUT2D eigenvalue weighted by molar-refractivity contribution is -0.150. The van der Waals surface area contributed by atoms with Crippen LogP contribution in [0.4, 0.5) is 19.3 Å². The van der Waals surface area contributed by atoms with Crippen molar-refractivity contribution in [2.75, 3.05) is 17.2 Å². The summed E-state index contributed by atoms with van der Waals surface area (Å²) < 4.78 is 79.7. The summed E-state index contributed by atoms with van der Waals surface area (Å²) in [5.74, 6) is -1.83. The van der Waals surface area contributed by atoms with Crippen LogP contribution in [0.25, 0.3) is 11.1 Å². The normalized spacial score (nSPS) is 14.0. The smallest absolute Gasteiger partial charge is 0.428 e. The minimum atomic E-state index is -4.19. The van der Waals surface area contributed by atoms with Crippen LogP contribution in [-0.4, -0.2) is 55.1 Å². The number of esters is 1. The molecule has 18 heteroatoms. The van der Waals surface area contributed by atoms with E-state index in [4.69, 9.17) is 41.8 Å². The molecule has 2 aromatic carbocycles. The first-order valence-electron chi connectivity index (χ1n) is 15.4. The Labute approximate surface area is 301 Å². The van der Waals surface area contributed by atoms with E-state index in [0.717, 1.165) is 29.7 Å². The van der Waals surface area contributed by atoms with Crippen LogP contribution in [0.3, 0.4) is 0 Å². The highest BCUT2D eigenvalue weighted by Gasteiger charge is 2.32. The van der Waals surface area contributed by atoms with Crippen LogP contribution < -0.4 is 19.5 Å². The Kier molecular flexibility index (Phi) is 11.2. The van der Waals surface area contributed by atoms with E-state index < -0.39 is 52.7 Å². The number of carbonyl (C=O) groups excluding carboxylic acids is 2. The number of anilines is 1. The van der Waals surface area contributed by atoms with Gasteiger partial charge in [-0.05, 0) is 74.9 Å². The zero-order valence-corrected chi connectivity index (χ0v) is 30.1. The van der Waals surface area contributed by atoms with Gasteiger partial charge in [0.15, 0.2) is 17.1 Å². The van der Waals surface area contributed by atoms with Crippen LogP contribution in [0.5, 0.6) is 11.5 Å². The number of sulfonamides is 1. The quantitative estimate of drug-likeness (QED) is 0.130. The molecule has 1 atom stereocenters. The van der Waals surface area contributed by atoms with Crippen LogP contribution in [0.15, 0.2) is 58.0 Å². The molecule has 1 saturated carbocycles. The molecule has 4 aromatic rings. The summed E-state index contributed by atoms with van der Waals surface area (Å²) in [5, 5.41) is 0.350. The molecular formula is C33H33Cl2F2N3O10S. The Morgan fingerprint density at radius 2 is 1.76 bits per heavy atom. The molecule has 0 aliphatic heterocycles. The van der Waals surface area contributed by atoms with E-state index in [-0.39, 0.29) is 57.3 Å². The molecule has 1 unspecified atom stereocenters. The maximum atomic E-state index is 13.5. The van der Waals surface area contributed by atoms with E-state index in [0.29, 0.717) is 15.4 Å². The molecule has 0 radical (unpaired) electrons. The van der Waals surface area contributed by atoms with Crippen molar-refractivity contribution in [3.05, 3.63) is 80.5 Å². The SMILES string of the molecule is CC(C)(C)OC(=O)N(c1ccc2c(c1)oc(=O)n2CC(=O)OC(Cc1c(Cl)cncc1Cl)c1ccc(OC(F)F)c(OCC2CC2)c1)S(C)(=O)=O. The van der Waals surface area contributed by atoms with Crippen LogP contribution in [0.2, 0.25) is 10.0 Å². The Hall–Kier alpha value is -4.41. The number of halogens is 4. The number of fused-ring (bicyclic) bond motifs is 1. The zero-order valence-electron chi connectivity index (χ0n) is 27.7. The Morgan fingerprint density at radius 1 is 1.08 bits per heavy atom. The number of hydrogen-bond donors (Lipinski definition) is 0. The number of amides is 1. The highest BCUT2D eigenvalue weighted by molar-refractivity contribution is 7.92. The number of nitrogens with zero attached hydrogens (tertiary/aromatic N) is 3. The number of carbonyl (C=O) groups is 2. The van der Waals surface area contributed by atoms with Gasteiger partial charge in [0.1, 0.15) is 18.2 Å². The molecule has 2 aromatic heterocycles. The Balaban J connectivity index is 1.45. The van der Waals surface area contributed by atoms with Gasteiger partial charge in [0.25, 0.3) is 0 Å². The number of pyridine rings is 1. The van der Waals surface area contributed by atoms with Crippen molar-refractivity contribution >= 4 is 62.1 Å². The van der Waals surface area contributed by atoms with Gasteiger partial charge in [0.05, 0.1) is 34.1 Å². The third kappa shape index (κ3) is 9.68. The van der Waals surface area contributed by atoms with Crippen LogP contribution in [0, 0.1) is 5.92 Å². The minimum Gasteiger partial charge on any atom is -0.489 e. The van der Waals surface area contributed by atoms with E-state index in [1.807, 2.05) is 0 Å². The predicted molar refractivity (Wildman–Crippen MR) is 182 cm³/mol. The predicted octanol–water partition coefficient (Wildman–Crippen LogP) is 6.91. The van der Waals surface area contributed by atoms with Crippen LogP contribution in [0.1, 0.15) is 50.8 Å². The number of ether oxygens (including phenoxy) is 4. The number of oxazole rings is 1. The highest BCUT2D eigenvalue weighted by Crippen LogP contribution is 2.38. The van der Waals surface area contributed by atoms with Gasteiger partial charge >= 0.3 is 24.4 Å². The first-order valence-corrected chi connectivity index (χ1v) is 18.1. The number of aromatic nitrogens is 2. The molecule has 0 saturated heterocycles. The maximum absolute atomic E-state index is 13.5. The maximum Gasteiger partial charge on any atom is 0.428 e. The van der Waals surface area contributed by atoms with E-state index in [9.17, 15) is 31.6 Å². The summed E-state index contributed by atoms with van der Waals surface area (Å²) in [5.41, 5.74) is -0.553. The molecule has 0 bridgehead atoms. The van der Waals surface area contributed by atoms with Crippen LogP contribution >= 0.6 is 23.2 Å². The standard InChI is InChI=1S/C33H33Cl2F2N3O10S/c1-33(2,3)50-32(43)40(51(4,44)45)20-8-9-24-27(12-20)49-31(42)39(24)16-29(41)47-26(13-21-22(34)14-38-15-23(21)35)19-7-10-25(48-30(36)37)28(11-19)46-17-18-5-6-18/h7-12,14-15,18,26,30H,5-6,13,16-17H2,1-4H3. The van der Waals surface area contributed by atoms with Crippen molar-refractivity contribution in [3.63, 3.8) is 0 Å². The summed E-state index contributed by atoms with van der Waals surface area (Å²) in [7, 11) is -4.19. The van der Waals surface area contributed by atoms with Crippen molar-refractivity contribution in [1.29, 1.82) is 0 Å². The summed E-state index contributed by atoms with van der Waals surface area (Å²) in [6.07, 6.45) is 3.00. The average Bonchev–Trinajstić information content (AvgIpc) is 3.79. The van der Waals surface area contributed by atoms with Gasteiger partial charge in [-0.25, -0.2) is 18.0 Å². The lowest BCUT2D eigenvalue weighted by atomic mass is 10.0. The molecule has 5 rings (SSSR count). The summed E-state index contributed by atoms with van der Waals surface area (Å²) in [6.45, 7) is 1.18. The molecule has 2 heterocycles. The molecule has 1 aliphatic carbocycles. The molecule has 1 aliphatic rings. The monoisotopic (exact) mass is 771 g/mol. The van der Waals surface area contributed by atoms with E-state index in [2.05, 4.69) is 9.72 Å². The second-order valence-electron chi connectivity index (χ2n) is 12.7. The van der Waals surface area contributed by atoms with Crippen molar-refractivity contribution in [2.24, 2.45) is 5.92 Å². The third-order valence-corrected chi connectivity index (χ3v) is 9.08. The van der Waals surface area contributed by atoms with Crippen molar-refractivity contribution in [3.8, 4) is 11.5 Å². The first-order chi connectivity index (χ1) is 23.9. The fourth-order valence-electron chi connectivity index (χ4n) is 4.96.